The van der Waals surface area contributed by atoms with E-state index in [9.17, 15) is 4.79 Å². The minimum atomic E-state index is 0.183. The van der Waals surface area contributed by atoms with E-state index in [1.807, 2.05) is 35.9 Å². The molecule has 1 aromatic rings. The predicted molar refractivity (Wildman–Crippen MR) is 81.9 cm³/mol. The van der Waals surface area contributed by atoms with Crippen LogP contribution in [0.25, 0.3) is 0 Å². The number of rotatable bonds is 2. The second kappa shape index (κ2) is 6.08. The van der Waals surface area contributed by atoms with E-state index in [4.69, 9.17) is 0 Å². The molecule has 1 aliphatic heterocycles. The highest BCUT2D eigenvalue weighted by Gasteiger charge is 2.34. The molecule has 1 saturated carbocycles. The molecule has 1 aromatic heterocycles. The van der Waals surface area contributed by atoms with Gasteiger partial charge in [0.25, 0.3) is 0 Å². The van der Waals surface area contributed by atoms with E-state index in [2.05, 4.69) is 10.00 Å². The highest BCUT2D eigenvalue weighted by atomic mass is 16.2. The normalized spacial score (nSPS) is 23.5. The topological polar surface area (TPSA) is 41.4 Å². The molecule has 1 unspecified atom stereocenters. The first kappa shape index (κ1) is 14.4. The average molecular weight is 290 g/mol. The molecule has 2 heterocycles. The molecule has 2 aliphatic rings. The molecule has 3 rings (SSSR count). The summed E-state index contributed by atoms with van der Waals surface area (Å²) in [5, 5.41) is 4.27. The first-order chi connectivity index (χ1) is 10.2. The number of likely N-dealkylation sites (tertiary alicyclic amines) is 1. The van der Waals surface area contributed by atoms with Crippen molar-refractivity contribution in [3.63, 3.8) is 0 Å². The molecule has 0 aromatic carbocycles. The number of urea groups is 1. The first-order valence-electron chi connectivity index (χ1n) is 8.20. The molecule has 1 saturated heterocycles. The highest BCUT2D eigenvalue weighted by molar-refractivity contribution is 5.75. The molecule has 0 spiro atoms. The van der Waals surface area contributed by atoms with Gasteiger partial charge in [-0.25, -0.2) is 4.79 Å². The number of aryl methyl sites for hydroxylation is 1. The number of hydrogen-bond acceptors (Lipinski definition) is 2. The minimum Gasteiger partial charge on any atom is -0.325 e. The summed E-state index contributed by atoms with van der Waals surface area (Å²) in [6.45, 7) is 0.867. The predicted octanol–water partition coefficient (Wildman–Crippen LogP) is 2.94. The minimum absolute atomic E-state index is 0.183. The fraction of sp³-hybridized carbons (Fsp3) is 0.750. The van der Waals surface area contributed by atoms with Gasteiger partial charge in [0, 0.05) is 32.9 Å². The van der Waals surface area contributed by atoms with Crippen LogP contribution in [0.15, 0.2) is 12.3 Å². The van der Waals surface area contributed by atoms with Crippen molar-refractivity contribution in [2.45, 2.75) is 57.0 Å². The Morgan fingerprint density at radius 1 is 1.24 bits per heavy atom. The summed E-state index contributed by atoms with van der Waals surface area (Å²) < 4.78 is 1.91. The zero-order chi connectivity index (χ0) is 14.8. The lowest BCUT2D eigenvalue weighted by molar-refractivity contribution is 0.108. The highest BCUT2D eigenvalue weighted by Crippen LogP contribution is 2.32. The van der Waals surface area contributed by atoms with Crippen molar-refractivity contribution in [1.29, 1.82) is 0 Å². The summed E-state index contributed by atoms with van der Waals surface area (Å²) in [4.78, 5) is 17.0. The van der Waals surface area contributed by atoms with Gasteiger partial charge in [-0.1, -0.05) is 12.8 Å². The third-order valence-electron chi connectivity index (χ3n) is 5.12. The summed E-state index contributed by atoms with van der Waals surface area (Å²) in [5.74, 6) is 0. The number of aromatic nitrogens is 2. The summed E-state index contributed by atoms with van der Waals surface area (Å²) in [7, 11) is 3.94. The van der Waals surface area contributed by atoms with Crippen molar-refractivity contribution >= 4 is 6.03 Å². The van der Waals surface area contributed by atoms with E-state index in [0.29, 0.717) is 6.04 Å². The number of carbonyl (C=O) groups is 1. The van der Waals surface area contributed by atoms with E-state index in [0.717, 1.165) is 37.9 Å². The number of amides is 2. The summed E-state index contributed by atoms with van der Waals surface area (Å²) in [6.07, 6.45) is 10.0. The molecule has 1 atom stereocenters. The second-order valence-electron chi connectivity index (χ2n) is 6.42. The molecule has 5 heteroatoms. The van der Waals surface area contributed by atoms with Crippen molar-refractivity contribution in [3.05, 3.63) is 18.0 Å². The van der Waals surface area contributed by atoms with Gasteiger partial charge in [0.05, 0.1) is 11.7 Å². The fourth-order valence-corrected chi connectivity index (χ4v) is 3.83. The maximum atomic E-state index is 12.9. The largest absolute Gasteiger partial charge is 0.325 e. The van der Waals surface area contributed by atoms with Gasteiger partial charge >= 0.3 is 6.03 Å². The molecular weight excluding hydrogens is 264 g/mol. The molecule has 2 amide bonds. The van der Waals surface area contributed by atoms with Crippen LogP contribution in [-0.2, 0) is 7.05 Å². The van der Waals surface area contributed by atoms with E-state index >= 15 is 0 Å². The van der Waals surface area contributed by atoms with Gasteiger partial charge < -0.3 is 9.80 Å². The molecule has 116 valence electrons. The van der Waals surface area contributed by atoms with Gasteiger partial charge in [0.15, 0.2) is 0 Å². The maximum Gasteiger partial charge on any atom is 0.320 e. The molecule has 2 fully saturated rings. The van der Waals surface area contributed by atoms with E-state index in [-0.39, 0.29) is 12.1 Å². The SMILES string of the molecule is CN(C(=O)N1CCCCC1c1ccnn1C)C1CCCC1. The van der Waals surface area contributed by atoms with Crippen molar-refractivity contribution in [1.82, 2.24) is 19.6 Å². The third kappa shape index (κ3) is 2.78. The Balaban J connectivity index is 1.77. The monoisotopic (exact) mass is 290 g/mol. The Labute approximate surface area is 126 Å². The van der Waals surface area contributed by atoms with Crippen LogP contribution >= 0.6 is 0 Å². The van der Waals surface area contributed by atoms with Crippen LogP contribution in [0.3, 0.4) is 0 Å². The molecule has 1 aliphatic carbocycles. The van der Waals surface area contributed by atoms with Crippen LogP contribution in [-0.4, -0.2) is 45.2 Å². The molecular formula is C16H26N4O. The van der Waals surface area contributed by atoms with Crippen LogP contribution in [0.4, 0.5) is 4.79 Å². The summed E-state index contributed by atoms with van der Waals surface area (Å²) in [6, 6.07) is 2.87. The van der Waals surface area contributed by atoms with Crippen LogP contribution in [0.2, 0.25) is 0 Å². The van der Waals surface area contributed by atoms with Crippen molar-refractivity contribution < 1.29 is 4.79 Å². The molecule has 5 nitrogen and oxygen atoms in total. The average Bonchev–Trinajstić information content (AvgIpc) is 3.17. The van der Waals surface area contributed by atoms with Crippen molar-refractivity contribution in [2.24, 2.45) is 7.05 Å². The molecule has 0 radical (unpaired) electrons. The van der Waals surface area contributed by atoms with Crippen LogP contribution in [0.1, 0.15) is 56.7 Å². The first-order valence-corrected chi connectivity index (χ1v) is 8.20. The molecule has 21 heavy (non-hydrogen) atoms. The van der Waals surface area contributed by atoms with Gasteiger partial charge in [0.2, 0.25) is 0 Å². The van der Waals surface area contributed by atoms with E-state index in [1.165, 1.54) is 19.3 Å². The van der Waals surface area contributed by atoms with Crippen LogP contribution in [0, 0.1) is 0 Å². The molecule has 0 N–H and O–H groups in total. The maximum absolute atomic E-state index is 12.9. The second-order valence-corrected chi connectivity index (χ2v) is 6.42. The van der Waals surface area contributed by atoms with Crippen LogP contribution in [0.5, 0.6) is 0 Å². The van der Waals surface area contributed by atoms with E-state index in [1.54, 1.807) is 0 Å². The number of hydrogen-bond donors (Lipinski definition) is 0. The Morgan fingerprint density at radius 3 is 2.62 bits per heavy atom. The summed E-state index contributed by atoms with van der Waals surface area (Å²) >= 11 is 0. The van der Waals surface area contributed by atoms with Crippen molar-refractivity contribution in [3.8, 4) is 0 Å². The number of nitrogens with zero attached hydrogens (tertiary/aromatic N) is 4. The lowest BCUT2D eigenvalue weighted by atomic mass is 9.99. The zero-order valence-corrected chi connectivity index (χ0v) is 13.2. The quantitative estimate of drug-likeness (QED) is 0.840. The number of carbonyl (C=O) groups excluding carboxylic acids is 1. The van der Waals surface area contributed by atoms with Gasteiger partial charge in [0.1, 0.15) is 0 Å². The zero-order valence-electron chi connectivity index (χ0n) is 13.2. The van der Waals surface area contributed by atoms with Crippen LogP contribution < -0.4 is 0 Å². The van der Waals surface area contributed by atoms with E-state index < -0.39 is 0 Å². The van der Waals surface area contributed by atoms with Gasteiger partial charge in [-0.2, -0.15) is 5.10 Å². The standard InChI is InChI=1S/C16H26N4O/c1-18(13-7-3-4-8-13)16(21)20-12-6-5-9-15(20)14-10-11-17-19(14)2/h10-11,13,15H,3-9,12H2,1-2H3. The lowest BCUT2D eigenvalue weighted by Crippen LogP contribution is -2.48. The smallest absolute Gasteiger partial charge is 0.320 e. The Hall–Kier alpha value is -1.52. The van der Waals surface area contributed by atoms with Gasteiger partial charge in [-0.15, -0.1) is 0 Å². The lowest BCUT2D eigenvalue weighted by Gasteiger charge is -2.39. The third-order valence-corrected chi connectivity index (χ3v) is 5.12. The Morgan fingerprint density at radius 2 is 1.95 bits per heavy atom. The Kier molecular flexibility index (Phi) is 4.17. The molecule has 0 bridgehead atoms. The van der Waals surface area contributed by atoms with Gasteiger partial charge in [-0.3, -0.25) is 4.68 Å². The summed E-state index contributed by atoms with van der Waals surface area (Å²) in [5.41, 5.74) is 1.16. The van der Waals surface area contributed by atoms with Crippen molar-refractivity contribution in [2.75, 3.05) is 13.6 Å². The fourth-order valence-electron chi connectivity index (χ4n) is 3.83. The van der Waals surface area contributed by atoms with Gasteiger partial charge in [-0.05, 0) is 38.2 Å². The Bertz CT molecular complexity index is 492. The number of piperidine rings is 1.